The Morgan fingerprint density at radius 2 is 2.12 bits per heavy atom. The molecule has 0 fully saturated rings. The Kier molecular flexibility index (Phi) is 3.50. The first-order valence-electron chi connectivity index (χ1n) is 7.67. The SMILES string of the molecule is CC(C)Nc1c(F)c(Cl)c(-c2cn3cc(N)nc3cn2)c2cn[nH]c12. The molecule has 0 saturated heterocycles. The fraction of sp³-hybridized carbons (Fsp3) is 0.188. The molecule has 0 radical (unpaired) electrons. The van der Waals surface area contributed by atoms with E-state index in [1.807, 2.05) is 13.8 Å². The number of nitrogens with one attached hydrogen (secondary N) is 2. The van der Waals surface area contributed by atoms with Crippen LogP contribution in [-0.2, 0) is 0 Å². The van der Waals surface area contributed by atoms with Gasteiger partial charge >= 0.3 is 0 Å². The summed E-state index contributed by atoms with van der Waals surface area (Å²) in [6.07, 6.45) is 6.54. The average Bonchev–Trinajstić information content (AvgIpc) is 3.16. The van der Waals surface area contributed by atoms with Gasteiger partial charge in [0.2, 0.25) is 0 Å². The summed E-state index contributed by atoms with van der Waals surface area (Å²) >= 11 is 6.36. The monoisotopic (exact) mass is 359 g/mol. The average molecular weight is 360 g/mol. The van der Waals surface area contributed by atoms with E-state index in [1.165, 1.54) is 0 Å². The molecule has 9 heteroatoms. The van der Waals surface area contributed by atoms with Crippen LogP contribution in [-0.4, -0.2) is 30.6 Å². The number of hydrogen-bond acceptors (Lipinski definition) is 5. The molecule has 0 bridgehead atoms. The molecule has 1 aromatic carbocycles. The molecule has 4 N–H and O–H groups in total. The topological polar surface area (TPSA) is 96.9 Å². The lowest BCUT2D eigenvalue weighted by Gasteiger charge is -2.15. The van der Waals surface area contributed by atoms with Gasteiger partial charge in [0.15, 0.2) is 11.5 Å². The van der Waals surface area contributed by atoms with Gasteiger partial charge in [-0.1, -0.05) is 11.6 Å². The van der Waals surface area contributed by atoms with Crippen LogP contribution in [0.25, 0.3) is 27.8 Å². The van der Waals surface area contributed by atoms with Crippen molar-refractivity contribution in [3.63, 3.8) is 0 Å². The minimum absolute atomic E-state index is 0.0167. The van der Waals surface area contributed by atoms with Crippen molar-refractivity contribution in [3.05, 3.63) is 35.6 Å². The third kappa shape index (κ3) is 2.45. The van der Waals surface area contributed by atoms with Crippen LogP contribution in [0.5, 0.6) is 0 Å². The Bertz CT molecular complexity index is 1100. The van der Waals surface area contributed by atoms with Gasteiger partial charge in [-0.3, -0.25) is 10.1 Å². The molecule has 0 aliphatic carbocycles. The fourth-order valence-electron chi connectivity index (χ4n) is 2.84. The summed E-state index contributed by atoms with van der Waals surface area (Å²) in [5.41, 5.74) is 8.10. The molecule has 0 atom stereocenters. The van der Waals surface area contributed by atoms with E-state index in [4.69, 9.17) is 17.3 Å². The van der Waals surface area contributed by atoms with Crippen molar-refractivity contribution in [1.82, 2.24) is 24.6 Å². The van der Waals surface area contributed by atoms with Crippen molar-refractivity contribution < 1.29 is 4.39 Å². The van der Waals surface area contributed by atoms with Gasteiger partial charge in [-0.05, 0) is 13.8 Å². The standard InChI is InChI=1S/C16H15ClFN7/c1-7(2)22-16-14(18)13(17)12(8-3-21-24-15(8)16)9-5-25-6-10(19)23-11(25)4-20-9/h3-7,22H,19H2,1-2H3,(H,21,24). The molecule has 3 aromatic heterocycles. The van der Waals surface area contributed by atoms with Crippen LogP contribution < -0.4 is 11.1 Å². The second-order valence-corrected chi connectivity index (χ2v) is 6.42. The van der Waals surface area contributed by atoms with Gasteiger partial charge in [0, 0.05) is 23.2 Å². The first-order chi connectivity index (χ1) is 12.0. The van der Waals surface area contributed by atoms with Gasteiger partial charge < -0.3 is 15.5 Å². The van der Waals surface area contributed by atoms with Crippen molar-refractivity contribution >= 4 is 39.7 Å². The number of nitrogens with two attached hydrogens (primary N) is 1. The number of H-pyrrole nitrogens is 1. The molecule has 0 unspecified atom stereocenters. The van der Waals surface area contributed by atoms with Crippen molar-refractivity contribution in [3.8, 4) is 11.3 Å². The predicted octanol–water partition coefficient (Wildman–Crippen LogP) is 3.47. The highest BCUT2D eigenvalue weighted by Crippen LogP contribution is 2.40. The van der Waals surface area contributed by atoms with E-state index < -0.39 is 5.82 Å². The zero-order chi connectivity index (χ0) is 17.7. The lowest BCUT2D eigenvalue weighted by Crippen LogP contribution is -2.12. The van der Waals surface area contributed by atoms with E-state index in [-0.39, 0.29) is 11.1 Å². The number of rotatable bonds is 3. The first kappa shape index (κ1) is 15.6. The van der Waals surface area contributed by atoms with E-state index in [9.17, 15) is 4.39 Å². The molecule has 4 aromatic rings. The van der Waals surface area contributed by atoms with Crippen LogP contribution in [0.1, 0.15) is 13.8 Å². The third-order valence-corrected chi connectivity index (χ3v) is 4.19. The minimum Gasteiger partial charge on any atom is -0.382 e. The third-order valence-electron chi connectivity index (χ3n) is 3.84. The van der Waals surface area contributed by atoms with Crippen LogP contribution in [0, 0.1) is 5.82 Å². The number of nitrogens with zero attached hydrogens (tertiary/aromatic N) is 4. The lowest BCUT2D eigenvalue weighted by atomic mass is 10.1. The number of aromatic amines is 1. The van der Waals surface area contributed by atoms with E-state index >= 15 is 0 Å². The summed E-state index contributed by atoms with van der Waals surface area (Å²) in [7, 11) is 0. The fourth-order valence-corrected chi connectivity index (χ4v) is 3.13. The van der Waals surface area contributed by atoms with Crippen molar-refractivity contribution in [1.29, 1.82) is 0 Å². The Morgan fingerprint density at radius 3 is 2.88 bits per heavy atom. The number of nitrogen functional groups attached to an aromatic ring is 1. The van der Waals surface area contributed by atoms with Crippen molar-refractivity contribution in [2.24, 2.45) is 0 Å². The van der Waals surface area contributed by atoms with Gasteiger partial charge in [0.1, 0.15) is 5.82 Å². The van der Waals surface area contributed by atoms with E-state index in [1.54, 1.807) is 29.2 Å². The van der Waals surface area contributed by atoms with Crippen LogP contribution >= 0.6 is 11.6 Å². The summed E-state index contributed by atoms with van der Waals surface area (Å²) < 4.78 is 16.6. The minimum atomic E-state index is -0.547. The molecule has 0 saturated carbocycles. The number of imidazole rings is 1. The normalized spacial score (nSPS) is 11.7. The van der Waals surface area contributed by atoms with Gasteiger partial charge in [-0.15, -0.1) is 0 Å². The number of anilines is 2. The first-order valence-corrected chi connectivity index (χ1v) is 8.04. The van der Waals surface area contributed by atoms with Crippen LogP contribution in [0.3, 0.4) is 0 Å². The molecular formula is C16H15ClFN7. The molecule has 128 valence electrons. The van der Waals surface area contributed by atoms with Crippen LogP contribution in [0.15, 0.2) is 24.8 Å². The highest BCUT2D eigenvalue weighted by atomic mass is 35.5. The van der Waals surface area contributed by atoms with E-state index in [2.05, 4.69) is 25.5 Å². The summed E-state index contributed by atoms with van der Waals surface area (Å²) in [6.45, 7) is 3.84. The molecule has 4 rings (SSSR count). The molecule has 7 nitrogen and oxygen atoms in total. The Hall–Kier alpha value is -2.87. The smallest absolute Gasteiger partial charge is 0.167 e. The molecule has 0 amide bonds. The highest BCUT2D eigenvalue weighted by molar-refractivity contribution is 6.35. The lowest BCUT2D eigenvalue weighted by molar-refractivity contribution is 0.630. The van der Waals surface area contributed by atoms with Gasteiger partial charge in [-0.2, -0.15) is 5.10 Å². The quantitative estimate of drug-likeness (QED) is 0.520. The summed E-state index contributed by atoms with van der Waals surface area (Å²) in [6, 6.07) is 0.0336. The second-order valence-electron chi connectivity index (χ2n) is 6.04. The van der Waals surface area contributed by atoms with E-state index in [0.717, 1.165) is 0 Å². The largest absolute Gasteiger partial charge is 0.382 e. The van der Waals surface area contributed by atoms with Crippen LogP contribution in [0.4, 0.5) is 15.9 Å². The Labute approximate surface area is 147 Å². The van der Waals surface area contributed by atoms with Crippen LogP contribution in [0.2, 0.25) is 5.02 Å². The summed E-state index contributed by atoms with van der Waals surface area (Å²) in [5, 5.41) is 10.6. The van der Waals surface area contributed by atoms with Gasteiger partial charge in [0.05, 0.1) is 40.5 Å². The van der Waals surface area contributed by atoms with Gasteiger partial charge in [-0.25, -0.2) is 9.37 Å². The number of hydrogen-bond donors (Lipinski definition) is 3. The van der Waals surface area contributed by atoms with E-state index in [0.29, 0.717) is 39.3 Å². The number of benzene rings is 1. The highest BCUT2D eigenvalue weighted by Gasteiger charge is 2.22. The number of fused-ring (bicyclic) bond motifs is 2. The molecule has 3 heterocycles. The Balaban J connectivity index is 2.00. The maximum absolute atomic E-state index is 14.9. The number of halogens is 2. The molecule has 25 heavy (non-hydrogen) atoms. The second kappa shape index (κ2) is 5.59. The molecular weight excluding hydrogens is 345 g/mol. The maximum atomic E-state index is 14.9. The zero-order valence-electron chi connectivity index (χ0n) is 13.5. The summed E-state index contributed by atoms with van der Waals surface area (Å²) in [5.74, 6) is -0.171. The van der Waals surface area contributed by atoms with Gasteiger partial charge in [0.25, 0.3) is 0 Å². The zero-order valence-corrected chi connectivity index (χ0v) is 14.3. The maximum Gasteiger partial charge on any atom is 0.167 e. The molecule has 0 aliphatic rings. The van der Waals surface area contributed by atoms with Crippen molar-refractivity contribution in [2.45, 2.75) is 19.9 Å². The predicted molar refractivity (Wildman–Crippen MR) is 96.2 cm³/mol. The summed E-state index contributed by atoms with van der Waals surface area (Å²) in [4.78, 5) is 8.49. The van der Waals surface area contributed by atoms with Crippen molar-refractivity contribution in [2.75, 3.05) is 11.1 Å². The number of aromatic nitrogens is 5. The molecule has 0 aliphatic heterocycles. The molecule has 0 spiro atoms. The Morgan fingerprint density at radius 1 is 1.32 bits per heavy atom.